The van der Waals surface area contributed by atoms with Crippen molar-refractivity contribution in [3.8, 4) is 5.75 Å². The van der Waals surface area contributed by atoms with E-state index in [1.807, 2.05) is 42.5 Å². The quantitative estimate of drug-likeness (QED) is 0.0451. The maximum Gasteiger partial charge on any atom is 0.266 e. The monoisotopic (exact) mass is 688 g/mol. The summed E-state index contributed by atoms with van der Waals surface area (Å²) in [5.74, 6) is 0.423. The Morgan fingerprint density at radius 1 is 1.07 bits per heavy atom. The minimum absolute atomic E-state index is 0.0389. The summed E-state index contributed by atoms with van der Waals surface area (Å²) in [7, 11) is 0. The number of aliphatic imine (C=N–C) groups is 1. The predicted molar refractivity (Wildman–Crippen MR) is 176 cm³/mol. The van der Waals surface area contributed by atoms with Gasteiger partial charge >= 0.3 is 0 Å². The third-order valence-corrected chi connectivity index (χ3v) is 8.12. The molecule has 4 aromatic carbocycles. The fraction of sp³-hybridized carbons (Fsp3) is 0.212. The molecule has 0 fully saturated rings. The highest BCUT2D eigenvalue weighted by Crippen LogP contribution is 2.45. The molecule has 0 unspecified atom stereocenters. The van der Waals surface area contributed by atoms with Gasteiger partial charge in [-0.2, -0.15) is 0 Å². The number of hydrazine groups is 1. The number of benzene rings is 4. The van der Waals surface area contributed by atoms with E-state index in [0.29, 0.717) is 40.6 Å². The SMILES string of the molecule is [N-]=[N+]=Nc1ccccc1[C@@H]1OC(c2ccc(OCCCO)cc2)=N[C@]1(Cc1ccc(Br)cc1)C(=O)NNCc1ccccc1Cl. The van der Waals surface area contributed by atoms with Gasteiger partial charge in [0.2, 0.25) is 5.90 Å². The van der Waals surface area contributed by atoms with Crippen LogP contribution in [0.2, 0.25) is 5.02 Å². The number of amides is 1. The Kier molecular flexibility index (Phi) is 10.7. The van der Waals surface area contributed by atoms with E-state index in [4.69, 9.17) is 31.2 Å². The summed E-state index contributed by atoms with van der Waals surface area (Å²) in [6, 6.07) is 29.1. The van der Waals surface area contributed by atoms with Gasteiger partial charge in [-0.05, 0) is 59.1 Å². The van der Waals surface area contributed by atoms with Crippen molar-refractivity contribution in [3.63, 3.8) is 0 Å². The lowest BCUT2D eigenvalue weighted by molar-refractivity contribution is -0.130. The van der Waals surface area contributed by atoms with Gasteiger partial charge in [-0.15, -0.1) is 0 Å². The average Bonchev–Trinajstić information content (AvgIpc) is 3.44. The van der Waals surface area contributed by atoms with Gasteiger partial charge in [-0.1, -0.05) is 87.2 Å². The molecule has 5 rings (SSSR count). The molecule has 0 radical (unpaired) electrons. The van der Waals surface area contributed by atoms with Crippen LogP contribution in [0.1, 0.15) is 34.8 Å². The van der Waals surface area contributed by atoms with E-state index in [1.54, 1.807) is 54.6 Å². The number of carbonyl (C=O) groups is 1. The summed E-state index contributed by atoms with van der Waals surface area (Å²) >= 11 is 9.82. The molecule has 0 saturated heterocycles. The number of hydrogen-bond donors (Lipinski definition) is 3. The fourth-order valence-corrected chi connectivity index (χ4v) is 5.46. The Morgan fingerprint density at radius 3 is 2.53 bits per heavy atom. The van der Waals surface area contributed by atoms with E-state index >= 15 is 0 Å². The molecular formula is C33H30BrClN6O4. The number of hydrogen-bond acceptors (Lipinski definition) is 7. The molecule has 0 aromatic heterocycles. The molecular weight excluding hydrogens is 660 g/mol. The summed E-state index contributed by atoms with van der Waals surface area (Å²) in [4.78, 5) is 22.4. The number of ether oxygens (including phenoxy) is 2. The molecule has 0 aliphatic carbocycles. The number of nitrogens with zero attached hydrogens (tertiary/aromatic N) is 4. The van der Waals surface area contributed by atoms with Gasteiger partial charge in [0.15, 0.2) is 11.6 Å². The van der Waals surface area contributed by atoms with Crippen molar-refractivity contribution in [2.75, 3.05) is 13.2 Å². The van der Waals surface area contributed by atoms with Gasteiger partial charge in [0, 0.05) is 57.2 Å². The molecule has 4 aromatic rings. The number of halogens is 2. The molecule has 0 saturated carbocycles. The zero-order valence-corrected chi connectivity index (χ0v) is 26.4. The van der Waals surface area contributed by atoms with Crippen molar-refractivity contribution in [2.24, 2.45) is 10.1 Å². The van der Waals surface area contributed by atoms with Crippen LogP contribution >= 0.6 is 27.5 Å². The van der Waals surface area contributed by atoms with Crippen LogP contribution in [0.25, 0.3) is 10.4 Å². The lowest BCUT2D eigenvalue weighted by Gasteiger charge is -2.31. The first-order valence-corrected chi connectivity index (χ1v) is 15.4. The molecule has 0 bridgehead atoms. The maximum absolute atomic E-state index is 14.4. The maximum atomic E-state index is 14.4. The van der Waals surface area contributed by atoms with Gasteiger partial charge in [-0.3, -0.25) is 10.2 Å². The smallest absolute Gasteiger partial charge is 0.266 e. The van der Waals surface area contributed by atoms with Gasteiger partial charge in [-0.25, -0.2) is 10.4 Å². The van der Waals surface area contributed by atoms with E-state index in [1.165, 1.54) is 0 Å². The van der Waals surface area contributed by atoms with E-state index in [9.17, 15) is 10.3 Å². The number of azide groups is 1. The minimum Gasteiger partial charge on any atom is -0.494 e. The highest BCUT2D eigenvalue weighted by Gasteiger charge is 2.54. The first kappa shape index (κ1) is 32.0. The molecule has 2 atom stereocenters. The molecule has 12 heteroatoms. The average molecular weight is 690 g/mol. The summed E-state index contributed by atoms with van der Waals surface area (Å²) in [6.45, 7) is 0.690. The Hall–Kier alpha value is -4.38. The third kappa shape index (κ3) is 7.65. The lowest BCUT2D eigenvalue weighted by Crippen LogP contribution is -2.53. The van der Waals surface area contributed by atoms with Crippen molar-refractivity contribution in [1.82, 2.24) is 10.9 Å². The van der Waals surface area contributed by atoms with E-state index in [2.05, 4.69) is 36.8 Å². The van der Waals surface area contributed by atoms with E-state index in [-0.39, 0.29) is 25.5 Å². The lowest BCUT2D eigenvalue weighted by atomic mass is 9.81. The second-order valence-corrected chi connectivity index (χ2v) is 11.6. The van der Waals surface area contributed by atoms with Gasteiger partial charge in [0.05, 0.1) is 6.61 Å². The molecule has 3 N–H and O–H groups in total. The molecule has 230 valence electrons. The molecule has 10 nitrogen and oxygen atoms in total. The Morgan fingerprint density at radius 2 is 1.80 bits per heavy atom. The number of aliphatic hydroxyl groups excluding tert-OH is 1. The molecule has 0 spiro atoms. The Balaban J connectivity index is 1.56. The van der Waals surface area contributed by atoms with Crippen molar-refractivity contribution < 1.29 is 19.4 Å². The molecule has 1 heterocycles. The second-order valence-electron chi connectivity index (χ2n) is 10.2. The van der Waals surface area contributed by atoms with Gasteiger partial charge in [0.1, 0.15) is 5.75 Å². The third-order valence-electron chi connectivity index (χ3n) is 7.23. The summed E-state index contributed by atoms with van der Waals surface area (Å²) in [5, 5.41) is 13.5. The highest BCUT2D eigenvalue weighted by molar-refractivity contribution is 9.10. The molecule has 1 aliphatic heterocycles. The zero-order valence-electron chi connectivity index (χ0n) is 24.1. The number of rotatable bonds is 13. The Labute approximate surface area is 273 Å². The van der Waals surface area contributed by atoms with Crippen LogP contribution in [0.15, 0.2) is 112 Å². The first-order chi connectivity index (χ1) is 21.9. The Bertz CT molecular complexity index is 1710. The highest BCUT2D eigenvalue weighted by atomic mass is 79.9. The summed E-state index contributed by atoms with van der Waals surface area (Å²) < 4.78 is 13.1. The van der Waals surface area contributed by atoms with Crippen molar-refractivity contribution in [3.05, 3.63) is 139 Å². The largest absolute Gasteiger partial charge is 0.494 e. The van der Waals surface area contributed by atoms with Crippen LogP contribution in [0.3, 0.4) is 0 Å². The topological polar surface area (TPSA) is 141 Å². The summed E-state index contributed by atoms with van der Waals surface area (Å²) in [5.41, 5.74) is 16.8. The number of nitrogens with one attached hydrogen (secondary N) is 2. The predicted octanol–water partition coefficient (Wildman–Crippen LogP) is 7.13. The molecule has 45 heavy (non-hydrogen) atoms. The van der Waals surface area contributed by atoms with Crippen LogP contribution in [-0.4, -0.2) is 35.7 Å². The van der Waals surface area contributed by atoms with Crippen molar-refractivity contribution in [2.45, 2.75) is 31.0 Å². The van der Waals surface area contributed by atoms with E-state index < -0.39 is 17.6 Å². The van der Waals surface area contributed by atoms with Crippen molar-refractivity contribution in [1.29, 1.82) is 0 Å². The second kappa shape index (κ2) is 15.1. The van der Waals surface area contributed by atoms with Crippen LogP contribution in [0.5, 0.6) is 5.75 Å². The van der Waals surface area contributed by atoms with Gasteiger partial charge in [0.25, 0.3) is 5.91 Å². The molecule has 1 amide bonds. The first-order valence-electron chi connectivity index (χ1n) is 14.2. The zero-order chi connectivity index (χ0) is 31.6. The minimum atomic E-state index is -1.52. The number of aliphatic hydroxyl groups is 1. The van der Waals surface area contributed by atoms with Crippen molar-refractivity contribution >= 4 is 45.0 Å². The fourth-order valence-electron chi connectivity index (χ4n) is 4.99. The number of carbonyl (C=O) groups excluding carboxylic acids is 1. The van der Waals surface area contributed by atoms with Crippen LogP contribution in [0, 0.1) is 0 Å². The normalized spacial score (nSPS) is 17.1. The van der Waals surface area contributed by atoms with Crippen LogP contribution < -0.4 is 15.6 Å². The van der Waals surface area contributed by atoms with Gasteiger partial charge < -0.3 is 14.6 Å². The summed E-state index contributed by atoms with van der Waals surface area (Å²) in [6.07, 6.45) is -0.274. The van der Waals surface area contributed by atoms with Crippen LogP contribution in [-0.2, 0) is 22.5 Å². The van der Waals surface area contributed by atoms with Crippen LogP contribution in [0.4, 0.5) is 5.69 Å². The molecule has 1 aliphatic rings. The van der Waals surface area contributed by atoms with E-state index in [0.717, 1.165) is 15.6 Å². The standard InChI is InChI=1S/C33H30BrClN6O4/c34-25-14-10-22(11-15-25)20-33(32(43)40-37-21-24-6-1-3-8-28(24)35)30(27-7-2-4-9-29(27)39-41-36)45-31(38-33)23-12-16-26(17-13-23)44-19-5-18-42/h1-4,6-17,30,37,42H,5,18-21H2,(H,40,43)/t30-,33-/m0/s1.